The fraction of sp³-hybridized carbons (Fsp3) is 0.278. The summed E-state index contributed by atoms with van der Waals surface area (Å²) in [5, 5.41) is 12.5. The smallest absolute Gasteiger partial charge is 0.0991 e. The molecule has 1 atom stereocenters. The maximum atomic E-state index is 8.84. The van der Waals surface area contributed by atoms with Crippen LogP contribution in [-0.2, 0) is 0 Å². The molecule has 0 heterocycles. The highest BCUT2D eigenvalue weighted by Gasteiger charge is 2.32. The predicted molar refractivity (Wildman–Crippen MR) is 81.4 cm³/mol. The van der Waals surface area contributed by atoms with Gasteiger partial charge < -0.3 is 5.32 Å². The van der Waals surface area contributed by atoms with Crippen LogP contribution in [0.4, 0.5) is 5.69 Å². The molecular formula is C18H18N2. The van der Waals surface area contributed by atoms with Crippen molar-refractivity contribution in [2.24, 2.45) is 5.92 Å². The Bertz CT molecular complexity index is 616. The third kappa shape index (κ3) is 2.83. The van der Waals surface area contributed by atoms with Crippen molar-refractivity contribution < 1.29 is 0 Å². The Hall–Kier alpha value is -2.27. The minimum absolute atomic E-state index is 0.378. The normalized spacial score (nSPS) is 15.4. The highest BCUT2D eigenvalue weighted by Crippen LogP contribution is 2.42. The SMILES string of the molecule is Cc1ccc(C(Nc2ccc(C#N)cc2)C2CC2)cc1. The van der Waals surface area contributed by atoms with Gasteiger partial charge in [0.05, 0.1) is 17.7 Å². The summed E-state index contributed by atoms with van der Waals surface area (Å²) in [6, 6.07) is 19.0. The van der Waals surface area contributed by atoms with E-state index in [0.717, 1.165) is 11.6 Å². The zero-order valence-electron chi connectivity index (χ0n) is 11.6. The fourth-order valence-corrected chi connectivity index (χ4v) is 2.50. The lowest BCUT2D eigenvalue weighted by Gasteiger charge is -2.20. The number of benzene rings is 2. The highest BCUT2D eigenvalue weighted by atomic mass is 14.9. The zero-order chi connectivity index (χ0) is 13.9. The number of anilines is 1. The van der Waals surface area contributed by atoms with Crippen molar-refractivity contribution in [3.05, 3.63) is 65.2 Å². The zero-order valence-corrected chi connectivity index (χ0v) is 11.6. The van der Waals surface area contributed by atoms with Crippen LogP contribution in [0.15, 0.2) is 48.5 Å². The van der Waals surface area contributed by atoms with Gasteiger partial charge in [0.25, 0.3) is 0 Å². The van der Waals surface area contributed by atoms with Crippen LogP contribution in [0.25, 0.3) is 0 Å². The minimum Gasteiger partial charge on any atom is -0.378 e. The lowest BCUT2D eigenvalue weighted by molar-refractivity contribution is 0.679. The molecule has 1 N–H and O–H groups in total. The van der Waals surface area contributed by atoms with E-state index in [1.165, 1.54) is 24.0 Å². The molecule has 100 valence electrons. The number of rotatable bonds is 4. The lowest BCUT2D eigenvalue weighted by atomic mass is 10.0. The molecule has 2 nitrogen and oxygen atoms in total. The predicted octanol–water partition coefficient (Wildman–Crippen LogP) is 4.43. The first-order valence-electron chi connectivity index (χ1n) is 7.09. The monoisotopic (exact) mass is 262 g/mol. The summed E-state index contributed by atoms with van der Waals surface area (Å²) in [4.78, 5) is 0. The molecule has 0 bridgehead atoms. The van der Waals surface area contributed by atoms with Gasteiger partial charge in [0.1, 0.15) is 0 Å². The molecule has 3 rings (SSSR count). The summed E-state index contributed by atoms with van der Waals surface area (Å²) in [6.07, 6.45) is 2.59. The average Bonchev–Trinajstić information content (AvgIpc) is 3.31. The second-order valence-electron chi connectivity index (χ2n) is 5.56. The number of nitrogens with one attached hydrogen (secondary N) is 1. The first-order chi connectivity index (χ1) is 9.76. The topological polar surface area (TPSA) is 35.8 Å². The van der Waals surface area contributed by atoms with Gasteiger partial charge in [-0.25, -0.2) is 0 Å². The van der Waals surface area contributed by atoms with Gasteiger partial charge in [-0.3, -0.25) is 0 Å². The quantitative estimate of drug-likeness (QED) is 0.884. The first kappa shape index (κ1) is 12.7. The van der Waals surface area contributed by atoms with Crippen LogP contribution < -0.4 is 5.32 Å². The van der Waals surface area contributed by atoms with Crippen LogP contribution in [0.3, 0.4) is 0 Å². The van der Waals surface area contributed by atoms with Crippen molar-refractivity contribution in [1.82, 2.24) is 0 Å². The summed E-state index contributed by atoms with van der Waals surface area (Å²) < 4.78 is 0. The second-order valence-corrected chi connectivity index (χ2v) is 5.56. The maximum Gasteiger partial charge on any atom is 0.0991 e. The third-order valence-electron chi connectivity index (χ3n) is 3.87. The van der Waals surface area contributed by atoms with Gasteiger partial charge in [0, 0.05) is 5.69 Å². The first-order valence-corrected chi connectivity index (χ1v) is 7.09. The van der Waals surface area contributed by atoms with Crippen molar-refractivity contribution in [3.63, 3.8) is 0 Å². The van der Waals surface area contributed by atoms with E-state index in [1.807, 2.05) is 24.3 Å². The number of nitrogens with zero attached hydrogens (tertiary/aromatic N) is 1. The molecule has 1 fully saturated rings. The summed E-state index contributed by atoms with van der Waals surface area (Å²) in [5.41, 5.74) is 4.43. The molecule has 2 aromatic carbocycles. The molecule has 2 heteroatoms. The molecule has 1 unspecified atom stereocenters. The maximum absolute atomic E-state index is 8.84. The molecule has 1 saturated carbocycles. The summed E-state index contributed by atoms with van der Waals surface area (Å²) >= 11 is 0. The van der Waals surface area contributed by atoms with E-state index in [-0.39, 0.29) is 0 Å². The Labute approximate surface area is 120 Å². The van der Waals surface area contributed by atoms with E-state index < -0.39 is 0 Å². The van der Waals surface area contributed by atoms with Crippen molar-refractivity contribution in [2.75, 3.05) is 5.32 Å². The average molecular weight is 262 g/mol. The Morgan fingerprint density at radius 1 is 1.05 bits per heavy atom. The van der Waals surface area contributed by atoms with Crippen LogP contribution >= 0.6 is 0 Å². The van der Waals surface area contributed by atoms with Gasteiger partial charge in [0.2, 0.25) is 0 Å². The fourth-order valence-electron chi connectivity index (χ4n) is 2.50. The number of hydrogen-bond donors (Lipinski definition) is 1. The van der Waals surface area contributed by atoms with Gasteiger partial charge in [-0.05, 0) is 55.5 Å². The van der Waals surface area contributed by atoms with E-state index in [1.54, 1.807) is 0 Å². The second kappa shape index (κ2) is 5.38. The molecule has 0 spiro atoms. The largest absolute Gasteiger partial charge is 0.378 e. The highest BCUT2D eigenvalue weighted by molar-refractivity contribution is 5.49. The van der Waals surface area contributed by atoms with E-state index in [2.05, 4.69) is 42.6 Å². The molecule has 1 aliphatic carbocycles. The van der Waals surface area contributed by atoms with Crippen molar-refractivity contribution >= 4 is 5.69 Å². The molecule has 0 aliphatic heterocycles. The number of hydrogen-bond acceptors (Lipinski definition) is 2. The standard InChI is InChI=1S/C18H18N2/c1-13-2-6-15(7-3-13)18(16-8-9-16)20-17-10-4-14(12-19)5-11-17/h2-7,10-11,16,18,20H,8-9H2,1H3. The van der Waals surface area contributed by atoms with Crippen LogP contribution in [0.5, 0.6) is 0 Å². The van der Waals surface area contributed by atoms with E-state index in [4.69, 9.17) is 5.26 Å². The van der Waals surface area contributed by atoms with E-state index >= 15 is 0 Å². The Balaban J connectivity index is 1.80. The summed E-state index contributed by atoms with van der Waals surface area (Å²) in [5.74, 6) is 0.730. The Morgan fingerprint density at radius 3 is 2.25 bits per heavy atom. The van der Waals surface area contributed by atoms with Crippen molar-refractivity contribution in [1.29, 1.82) is 5.26 Å². The minimum atomic E-state index is 0.378. The summed E-state index contributed by atoms with van der Waals surface area (Å²) in [6.45, 7) is 2.12. The van der Waals surface area contributed by atoms with Crippen LogP contribution in [0.2, 0.25) is 0 Å². The molecule has 0 amide bonds. The van der Waals surface area contributed by atoms with Gasteiger partial charge >= 0.3 is 0 Å². The Morgan fingerprint density at radius 2 is 1.70 bits per heavy atom. The van der Waals surface area contributed by atoms with Gasteiger partial charge in [-0.2, -0.15) is 5.26 Å². The van der Waals surface area contributed by atoms with Gasteiger partial charge in [-0.15, -0.1) is 0 Å². The Kier molecular flexibility index (Phi) is 3.43. The molecule has 0 aromatic heterocycles. The number of nitriles is 1. The van der Waals surface area contributed by atoms with Gasteiger partial charge in [-0.1, -0.05) is 29.8 Å². The molecule has 2 aromatic rings. The van der Waals surface area contributed by atoms with Gasteiger partial charge in [0.15, 0.2) is 0 Å². The molecule has 1 aliphatic rings. The molecule has 0 radical (unpaired) electrons. The molecule has 0 saturated heterocycles. The van der Waals surface area contributed by atoms with Crippen molar-refractivity contribution in [3.8, 4) is 6.07 Å². The lowest BCUT2D eigenvalue weighted by Crippen LogP contribution is -2.12. The van der Waals surface area contributed by atoms with Crippen LogP contribution in [0.1, 0.15) is 35.6 Å². The summed E-state index contributed by atoms with van der Waals surface area (Å²) in [7, 11) is 0. The molecule has 20 heavy (non-hydrogen) atoms. The van der Waals surface area contributed by atoms with Crippen LogP contribution in [0, 0.1) is 24.2 Å². The van der Waals surface area contributed by atoms with E-state index in [0.29, 0.717) is 11.6 Å². The third-order valence-corrected chi connectivity index (χ3v) is 3.87. The number of aryl methyl sites for hydroxylation is 1. The van der Waals surface area contributed by atoms with Crippen LogP contribution in [-0.4, -0.2) is 0 Å². The van der Waals surface area contributed by atoms with Crippen molar-refractivity contribution in [2.45, 2.75) is 25.8 Å². The molecular weight excluding hydrogens is 244 g/mol. The van der Waals surface area contributed by atoms with E-state index in [9.17, 15) is 0 Å².